The molecule has 4 aromatic rings. The molecule has 1 atom stereocenters. The maximum Gasteiger partial charge on any atom is 0.253 e. The topological polar surface area (TPSA) is 103 Å². The van der Waals surface area contributed by atoms with Crippen LogP contribution in [0.4, 0.5) is 5.69 Å². The van der Waals surface area contributed by atoms with Crippen molar-refractivity contribution in [2.75, 3.05) is 5.32 Å². The summed E-state index contributed by atoms with van der Waals surface area (Å²) < 4.78 is 3.17. The average molecular weight is 360 g/mol. The largest absolute Gasteiger partial charge is 0.324 e. The Labute approximate surface area is 154 Å². The van der Waals surface area contributed by atoms with E-state index in [0.717, 1.165) is 11.1 Å². The fraction of sp³-hybridized carbons (Fsp3) is 0.111. The lowest BCUT2D eigenvalue weighted by Crippen LogP contribution is -2.27. The highest BCUT2D eigenvalue weighted by Crippen LogP contribution is 2.20. The number of nitrogens with one attached hydrogen (secondary N) is 1. The highest BCUT2D eigenvalue weighted by molar-refractivity contribution is 5.95. The van der Waals surface area contributed by atoms with Crippen molar-refractivity contribution in [2.24, 2.45) is 0 Å². The van der Waals surface area contributed by atoms with Crippen molar-refractivity contribution >= 4 is 11.6 Å². The van der Waals surface area contributed by atoms with Gasteiger partial charge in [0.25, 0.3) is 5.91 Å². The second-order valence-electron chi connectivity index (χ2n) is 5.88. The van der Waals surface area contributed by atoms with Gasteiger partial charge in [0.1, 0.15) is 19.0 Å². The second kappa shape index (κ2) is 7.56. The molecule has 0 unspecified atom stereocenters. The zero-order chi connectivity index (χ0) is 18.5. The lowest BCUT2D eigenvalue weighted by Gasteiger charge is -2.16. The van der Waals surface area contributed by atoms with Gasteiger partial charge in [-0.05, 0) is 33.7 Å². The van der Waals surface area contributed by atoms with Crippen molar-refractivity contribution in [3.63, 3.8) is 0 Å². The third-order valence-electron chi connectivity index (χ3n) is 4.03. The Morgan fingerprint density at radius 3 is 2.52 bits per heavy atom. The SMILES string of the molecule is O=C(Nc1ccc(Cn2cncn2)cc1)[C@H](c1ccccc1)n1cnnn1. The second-order valence-corrected chi connectivity index (χ2v) is 5.88. The van der Waals surface area contributed by atoms with E-state index in [1.807, 2.05) is 54.6 Å². The van der Waals surface area contributed by atoms with Gasteiger partial charge in [-0.3, -0.25) is 4.79 Å². The van der Waals surface area contributed by atoms with Crippen molar-refractivity contribution in [1.29, 1.82) is 0 Å². The molecule has 2 heterocycles. The number of amides is 1. The summed E-state index contributed by atoms with van der Waals surface area (Å²) in [5.74, 6) is -0.225. The first-order valence-corrected chi connectivity index (χ1v) is 8.29. The molecular weight excluding hydrogens is 344 g/mol. The molecule has 0 spiro atoms. The van der Waals surface area contributed by atoms with Gasteiger partial charge in [-0.1, -0.05) is 42.5 Å². The predicted molar refractivity (Wildman–Crippen MR) is 96.6 cm³/mol. The number of anilines is 1. The molecule has 0 aliphatic heterocycles. The quantitative estimate of drug-likeness (QED) is 0.559. The Morgan fingerprint density at radius 2 is 1.85 bits per heavy atom. The fourth-order valence-electron chi connectivity index (χ4n) is 2.75. The molecule has 0 saturated carbocycles. The number of nitrogens with zero attached hydrogens (tertiary/aromatic N) is 7. The van der Waals surface area contributed by atoms with Crippen LogP contribution in [0.1, 0.15) is 17.2 Å². The summed E-state index contributed by atoms with van der Waals surface area (Å²) in [7, 11) is 0. The van der Waals surface area contributed by atoms with Crippen LogP contribution in [0, 0.1) is 0 Å². The molecule has 1 amide bonds. The van der Waals surface area contributed by atoms with Gasteiger partial charge < -0.3 is 5.32 Å². The molecule has 4 rings (SSSR count). The van der Waals surface area contributed by atoms with Crippen LogP contribution in [0.2, 0.25) is 0 Å². The number of carbonyl (C=O) groups is 1. The fourth-order valence-corrected chi connectivity index (χ4v) is 2.75. The van der Waals surface area contributed by atoms with E-state index in [2.05, 4.69) is 30.9 Å². The number of tetrazole rings is 1. The van der Waals surface area contributed by atoms with Crippen LogP contribution in [0.5, 0.6) is 0 Å². The van der Waals surface area contributed by atoms with Crippen LogP contribution >= 0.6 is 0 Å². The summed E-state index contributed by atoms with van der Waals surface area (Å²) >= 11 is 0. The molecule has 0 saturated heterocycles. The Hall–Kier alpha value is -3.88. The van der Waals surface area contributed by atoms with Crippen molar-refractivity contribution in [3.8, 4) is 0 Å². The molecule has 9 heteroatoms. The molecule has 9 nitrogen and oxygen atoms in total. The average Bonchev–Trinajstić information content (AvgIpc) is 3.39. The Bertz CT molecular complexity index is 982. The van der Waals surface area contributed by atoms with Crippen LogP contribution in [0.15, 0.2) is 73.6 Å². The van der Waals surface area contributed by atoms with E-state index >= 15 is 0 Å². The van der Waals surface area contributed by atoms with Crippen LogP contribution in [0.3, 0.4) is 0 Å². The molecule has 0 aliphatic rings. The minimum Gasteiger partial charge on any atom is -0.324 e. The number of aromatic nitrogens is 7. The molecule has 0 aliphatic carbocycles. The van der Waals surface area contributed by atoms with Crippen molar-refractivity contribution < 1.29 is 4.79 Å². The number of benzene rings is 2. The van der Waals surface area contributed by atoms with E-state index in [9.17, 15) is 4.79 Å². The van der Waals surface area contributed by atoms with E-state index < -0.39 is 6.04 Å². The molecule has 27 heavy (non-hydrogen) atoms. The summed E-state index contributed by atoms with van der Waals surface area (Å²) in [5.41, 5.74) is 2.54. The van der Waals surface area contributed by atoms with Crippen molar-refractivity contribution in [3.05, 3.63) is 84.7 Å². The molecule has 2 aromatic carbocycles. The minimum absolute atomic E-state index is 0.225. The molecule has 1 N–H and O–H groups in total. The molecule has 2 aromatic heterocycles. The van der Waals surface area contributed by atoms with Gasteiger partial charge in [0.05, 0.1) is 6.54 Å². The monoisotopic (exact) mass is 360 g/mol. The van der Waals surface area contributed by atoms with Gasteiger partial charge in [-0.15, -0.1) is 5.10 Å². The molecular formula is C18H16N8O. The summed E-state index contributed by atoms with van der Waals surface area (Å²) in [5, 5.41) is 18.2. The highest BCUT2D eigenvalue weighted by Gasteiger charge is 2.23. The Kier molecular flexibility index (Phi) is 4.64. The number of hydrogen-bond donors (Lipinski definition) is 1. The maximum absolute atomic E-state index is 12.9. The predicted octanol–water partition coefficient (Wildman–Crippen LogP) is 1.54. The summed E-state index contributed by atoms with van der Waals surface area (Å²) in [4.78, 5) is 16.8. The smallest absolute Gasteiger partial charge is 0.253 e. The van der Waals surface area contributed by atoms with Gasteiger partial charge >= 0.3 is 0 Å². The molecule has 0 fully saturated rings. The Balaban J connectivity index is 1.51. The summed E-state index contributed by atoms with van der Waals surface area (Å²) in [6.07, 6.45) is 4.59. The van der Waals surface area contributed by atoms with Gasteiger partial charge in [-0.2, -0.15) is 5.10 Å². The van der Waals surface area contributed by atoms with Crippen LogP contribution in [0.25, 0.3) is 0 Å². The lowest BCUT2D eigenvalue weighted by molar-refractivity contribution is -0.118. The highest BCUT2D eigenvalue weighted by atomic mass is 16.2. The van der Waals surface area contributed by atoms with E-state index in [0.29, 0.717) is 12.2 Å². The normalized spacial score (nSPS) is 11.9. The van der Waals surface area contributed by atoms with Gasteiger partial charge in [0.15, 0.2) is 6.04 Å². The first-order chi connectivity index (χ1) is 13.3. The third kappa shape index (κ3) is 3.87. The third-order valence-corrected chi connectivity index (χ3v) is 4.03. The standard InChI is InChI=1S/C18H16N8O/c27-18(17(26-13-20-23-24-26)15-4-2-1-3-5-15)22-16-8-6-14(7-9-16)10-25-12-19-11-21-25/h1-9,11-13,17H,10H2,(H,22,27)/t17-/m0/s1. The summed E-state index contributed by atoms with van der Waals surface area (Å²) in [6, 6.07) is 16.3. The van der Waals surface area contributed by atoms with Crippen molar-refractivity contribution in [2.45, 2.75) is 12.6 Å². The van der Waals surface area contributed by atoms with Crippen LogP contribution < -0.4 is 5.32 Å². The number of carbonyl (C=O) groups excluding carboxylic acids is 1. The van der Waals surface area contributed by atoms with Crippen molar-refractivity contribution in [1.82, 2.24) is 35.0 Å². The first kappa shape index (κ1) is 16.6. The van der Waals surface area contributed by atoms with Crippen LogP contribution in [-0.4, -0.2) is 40.9 Å². The van der Waals surface area contributed by atoms with Crippen LogP contribution in [-0.2, 0) is 11.3 Å². The van der Waals surface area contributed by atoms with Gasteiger partial charge in [0.2, 0.25) is 0 Å². The van der Waals surface area contributed by atoms with Gasteiger partial charge in [0, 0.05) is 5.69 Å². The maximum atomic E-state index is 12.9. The van der Waals surface area contributed by atoms with E-state index in [-0.39, 0.29) is 5.91 Å². The molecule has 134 valence electrons. The van der Waals surface area contributed by atoms with E-state index in [4.69, 9.17) is 0 Å². The molecule has 0 bridgehead atoms. The van der Waals surface area contributed by atoms with E-state index in [1.54, 1.807) is 11.0 Å². The van der Waals surface area contributed by atoms with Gasteiger partial charge in [-0.25, -0.2) is 14.3 Å². The number of rotatable bonds is 6. The first-order valence-electron chi connectivity index (χ1n) is 8.29. The zero-order valence-electron chi connectivity index (χ0n) is 14.3. The Morgan fingerprint density at radius 1 is 1.04 bits per heavy atom. The number of hydrogen-bond acceptors (Lipinski definition) is 6. The minimum atomic E-state index is -0.656. The molecule has 0 radical (unpaired) electrons. The lowest BCUT2D eigenvalue weighted by atomic mass is 10.1. The van der Waals surface area contributed by atoms with E-state index in [1.165, 1.54) is 17.3 Å². The zero-order valence-corrected chi connectivity index (χ0v) is 14.3. The summed E-state index contributed by atoms with van der Waals surface area (Å²) in [6.45, 7) is 0.617.